The van der Waals surface area contributed by atoms with Crippen LogP contribution >= 0.6 is 0 Å². The summed E-state index contributed by atoms with van der Waals surface area (Å²) in [6.45, 7) is 7.22. The predicted molar refractivity (Wildman–Crippen MR) is 82.6 cm³/mol. The molecule has 0 amide bonds. The summed E-state index contributed by atoms with van der Waals surface area (Å²) in [6, 6.07) is 9.59. The van der Waals surface area contributed by atoms with Gasteiger partial charge in [-0.2, -0.15) is 0 Å². The van der Waals surface area contributed by atoms with Crippen molar-refractivity contribution in [1.29, 1.82) is 0 Å². The predicted octanol–water partition coefficient (Wildman–Crippen LogP) is 5.05. The molecular formula is C18H27N. The number of anilines is 1. The van der Waals surface area contributed by atoms with E-state index in [1.807, 2.05) is 0 Å². The van der Waals surface area contributed by atoms with Crippen LogP contribution in [0, 0.1) is 17.8 Å². The Morgan fingerprint density at radius 1 is 0.895 bits per heavy atom. The highest BCUT2D eigenvalue weighted by molar-refractivity contribution is 5.55. The first-order chi connectivity index (χ1) is 9.13. The highest BCUT2D eigenvalue weighted by Crippen LogP contribution is 2.46. The SMILES string of the molecule is CC1CC(C)CC(C2CC(C)Nc3ccccc32)C1. The Morgan fingerprint density at radius 2 is 1.58 bits per heavy atom. The van der Waals surface area contributed by atoms with Crippen LogP contribution < -0.4 is 5.32 Å². The van der Waals surface area contributed by atoms with E-state index in [-0.39, 0.29) is 0 Å². The van der Waals surface area contributed by atoms with Crippen LogP contribution in [0.3, 0.4) is 0 Å². The van der Waals surface area contributed by atoms with Crippen molar-refractivity contribution in [2.75, 3.05) is 5.32 Å². The molecule has 0 bridgehead atoms. The Hall–Kier alpha value is -0.980. The largest absolute Gasteiger partial charge is 0.382 e. The number of para-hydroxylation sites is 1. The van der Waals surface area contributed by atoms with Crippen LogP contribution in [0.5, 0.6) is 0 Å². The lowest BCUT2D eigenvalue weighted by molar-refractivity contribution is 0.183. The van der Waals surface area contributed by atoms with Crippen molar-refractivity contribution in [2.24, 2.45) is 17.8 Å². The van der Waals surface area contributed by atoms with Crippen molar-refractivity contribution < 1.29 is 0 Å². The molecule has 1 heterocycles. The normalized spacial score (nSPS) is 38.4. The Bertz CT molecular complexity index is 429. The molecule has 1 aromatic rings. The van der Waals surface area contributed by atoms with Gasteiger partial charge in [0.2, 0.25) is 0 Å². The van der Waals surface area contributed by atoms with Crippen LogP contribution in [-0.2, 0) is 0 Å². The van der Waals surface area contributed by atoms with E-state index < -0.39 is 0 Å². The minimum atomic E-state index is 0.618. The van der Waals surface area contributed by atoms with Gasteiger partial charge in [0.25, 0.3) is 0 Å². The van der Waals surface area contributed by atoms with Crippen molar-refractivity contribution in [3.63, 3.8) is 0 Å². The van der Waals surface area contributed by atoms with E-state index in [1.54, 1.807) is 5.56 Å². The van der Waals surface area contributed by atoms with Crippen molar-refractivity contribution in [3.8, 4) is 0 Å². The molecular weight excluding hydrogens is 230 g/mol. The number of fused-ring (bicyclic) bond motifs is 1. The van der Waals surface area contributed by atoms with Gasteiger partial charge < -0.3 is 5.32 Å². The van der Waals surface area contributed by atoms with Gasteiger partial charge in [0.05, 0.1) is 0 Å². The minimum Gasteiger partial charge on any atom is -0.382 e. The fourth-order valence-corrected chi connectivity index (χ4v) is 4.57. The number of benzene rings is 1. The van der Waals surface area contributed by atoms with E-state index in [2.05, 4.69) is 50.4 Å². The monoisotopic (exact) mass is 257 g/mol. The fraction of sp³-hybridized carbons (Fsp3) is 0.667. The second kappa shape index (κ2) is 5.19. The third kappa shape index (κ3) is 2.66. The fourth-order valence-electron chi connectivity index (χ4n) is 4.57. The average Bonchev–Trinajstić information content (AvgIpc) is 2.36. The standard InChI is InChI=1S/C18H27N/c1-12-8-13(2)10-15(9-12)17-11-14(3)19-18-7-5-4-6-16(17)18/h4-7,12-15,17,19H,8-11H2,1-3H3. The molecule has 4 atom stereocenters. The lowest BCUT2D eigenvalue weighted by Gasteiger charge is -2.41. The Morgan fingerprint density at radius 3 is 2.32 bits per heavy atom. The Balaban J connectivity index is 1.88. The zero-order valence-corrected chi connectivity index (χ0v) is 12.5. The van der Waals surface area contributed by atoms with Crippen LogP contribution in [0.15, 0.2) is 24.3 Å². The Kier molecular flexibility index (Phi) is 3.56. The molecule has 0 saturated heterocycles. The van der Waals surface area contributed by atoms with Gasteiger partial charge in [-0.25, -0.2) is 0 Å². The summed E-state index contributed by atoms with van der Waals surface area (Å²) in [5, 5.41) is 3.65. The quantitative estimate of drug-likeness (QED) is 0.742. The summed E-state index contributed by atoms with van der Waals surface area (Å²) in [4.78, 5) is 0. The van der Waals surface area contributed by atoms with Crippen molar-refractivity contribution in [1.82, 2.24) is 0 Å². The topological polar surface area (TPSA) is 12.0 Å². The van der Waals surface area contributed by atoms with E-state index in [0.717, 1.165) is 23.7 Å². The first-order valence-electron chi connectivity index (χ1n) is 7.99. The number of nitrogens with one attached hydrogen (secondary N) is 1. The number of hydrogen-bond donors (Lipinski definition) is 1. The highest BCUT2D eigenvalue weighted by Gasteiger charge is 2.34. The second-order valence-electron chi connectivity index (χ2n) is 7.15. The zero-order valence-electron chi connectivity index (χ0n) is 12.5. The summed E-state index contributed by atoms with van der Waals surface area (Å²) < 4.78 is 0. The van der Waals surface area contributed by atoms with E-state index in [1.165, 1.54) is 31.4 Å². The average molecular weight is 257 g/mol. The van der Waals surface area contributed by atoms with Crippen LogP contribution in [0.4, 0.5) is 5.69 Å². The molecule has 1 nitrogen and oxygen atoms in total. The summed E-state index contributed by atoms with van der Waals surface area (Å²) in [7, 11) is 0. The van der Waals surface area contributed by atoms with Gasteiger partial charge in [-0.3, -0.25) is 0 Å². The third-order valence-electron chi connectivity index (χ3n) is 5.15. The lowest BCUT2D eigenvalue weighted by Crippen LogP contribution is -2.32. The summed E-state index contributed by atoms with van der Waals surface area (Å²) >= 11 is 0. The van der Waals surface area contributed by atoms with E-state index >= 15 is 0 Å². The Labute approximate surface area is 117 Å². The molecule has 104 valence electrons. The smallest absolute Gasteiger partial charge is 0.0377 e. The lowest BCUT2D eigenvalue weighted by atomic mass is 9.67. The van der Waals surface area contributed by atoms with Gasteiger partial charge >= 0.3 is 0 Å². The summed E-state index contributed by atoms with van der Waals surface area (Å²) in [5.41, 5.74) is 2.96. The molecule has 1 aromatic carbocycles. The van der Waals surface area contributed by atoms with Gasteiger partial charge in [0.15, 0.2) is 0 Å². The molecule has 3 rings (SSSR count). The van der Waals surface area contributed by atoms with Crippen molar-refractivity contribution in [3.05, 3.63) is 29.8 Å². The number of rotatable bonds is 1. The van der Waals surface area contributed by atoms with E-state index in [9.17, 15) is 0 Å². The first-order valence-corrected chi connectivity index (χ1v) is 7.99. The van der Waals surface area contributed by atoms with Gasteiger partial charge in [0.1, 0.15) is 0 Å². The third-order valence-corrected chi connectivity index (χ3v) is 5.15. The van der Waals surface area contributed by atoms with E-state index in [0.29, 0.717) is 6.04 Å². The maximum Gasteiger partial charge on any atom is 0.0377 e. The van der Waals surface area contributed by atoms with E-state index in [4.69, 9.17) is 0 Å². The molecule has 4 unspecified atom stereocenters. The molecule has 0 radical (unpaired) electrons. The summed E-state index contributed by atoms with van der Waals surface area (Å²) in [5.74, 6) is 3.49. The molecule has 2 aliphatic rings. The highest BCUT2D eigenvalue weighted by atomic mass is 14.9. The van der Waals surface area contributed by atoms with Crippen LogP contribution in [0.25, 0.3) is 0 Å². The van der Waals surface area contributed by atoms with Gasteiger partial charge in [-0.05, 0) is 67.9 Å². The van der Waals surface area contributed by atoms with Crippen molar-refractivity contribution >= 4 is 5.69 Å². The molecule has 1 fully saturated rings. The molecule has 1 N–H and O–H groups in total. The summed E-state index contributed by atoms with van der Waals surface area (Å²) in [6.07, 6.45) is 5.59. The molecule has 19 heavy (non-hydrogen) atoms. The second-order valence-corrected chi connectivity index (χ2v) is 7.15. The van der Waals surface area contributed by atoms with Gasteiger partial charge in [0, 0.05) is 11.7 Å². The maximum absolute atomic E-state index is 3.65. The van der Waals surface area contributed by atoms with Crippen molar-refractivity contribution in [2.45, 2.75) is 58.4 Å². The minimum absolute atomic E-state index is 0.618. The van der Waals surface area contributed by atoms with Crippen LogP contribution in [0.2, 0.25) is 0 Å². The van der Waals surface area contributed by atoms with Gasteiger partial charge in [-0.1, -0.05) is 32.0 Å². The molecule has 1 aliphatic heterocycles. The molecule has 0 spiro atoms. The maximum atomic E-state index is 3.65. The molecule has 1 heteroatoms. The van der Waals surface area contributed by atoms with Crippen LogP contribution in [-0.4, -0.2) is 6.04 Å². The zero-order chi connectivity index (χ0) is 13.4. The first kappa shape index (κ1) is 13.0. The van der Waals surface area contributed by atoms with Crippen LogP contribution in [0.1, 0.15) is 57.9 Å². The molecule has 1 saturated carbocycles. The molecule has 0 aromatic heterocycles. The molecule has 1 aliphatic carbocycles. The van der Waals surface area contributed by atoms with Gasteiger partial charge in [-0.15, -0.1) is 0 Å². The number of hydrogen-bond acceptors (Lipinski definition) is 1.